The SMILES string of the molecule is CCCOc1c(C)cc(NC(=O)[C@](C)(CC(C)C)OCC)cc1C. The molecule has 0 saturated heterocycles. The molecule has 4 nitrogen and oxygen atoms in total. The molecular weight excluding hydrogens is 302 g/mol. The van der Waals surface area contributed by atoms with E-state index in [0.717, 1.165) is 29.0 Å². The van der Waals surface area contributed by atoms with Crippen LogP contribution in [-0.2, 0) is 9.53 Å². The van der Waals surface area contributed by atoms with Gasteiger partial charge in [0.15, 0.2) is 0 Å². The molecule has 0 heterocycles. The van der Waals surface area contributed by atoms with Gasteiger partial charge in [-0.25, -0.2) is 0 Å². The van der Waals surface area contributed by atoms with Gasteiger partial charge in [-0.1, -0.05) is 20.8 Å². The van der Waals surface area contributed by atoms with Crippen molar-refractivity contribution in [2.45, 2.75) is 66.9 Å². The highest BCUT2D eigenvalue weighted by atomic mass is 16.5. The van der Waals surface area contributed by atoms with Gasteiger partial charge in [0, 0.05) is 12.3 Å². The van der Waals surface area contributed by atoms with Crippen LogP contribution in [0.25, 0.3) is 0 Å². The summed E-state index contributed by atoms with van der Waals surface area (Å²) in [5, 5.41) is 3.02. The molecule has 1 N–H and O–H groups in total. The zero-order valence-electron chi connectivity index (χ0n) is 16.3. The fourth-order valence-corrected chi connectivity index (χ4v) is 3.03. The molecule has 0 aliphatic heterocycles. The Kier molecular flexibility index (Phi) is 7.74. The molecule has 0 aliphatic rings. The number of carbonyl (C=O) groups is 1. The number of amides is 1. The maximum Gasteiger partial charge on any atom is 0.256 e. The molecule has 0 spiro atoms. The van der Waals surface area contributed by atoms with Crippen molar-refractivity contribution in [1.82, 2.24) is 0 Å². The lowest BCUT2D eigenvalue weighted by Gasteiger charge is -2.30. The maximum absolute atomic E-state index is 12.8. The zero-order chi connectivity index (χ0) is 18.3. The second-order valence-corrected chi connectivity index (χ2v) is 7.00. The Balaban J connectivity index is 2.96. The largest absolute Gasteiger partial charge is 0.493 e. The molecule has 0 fully saturated rings. The predicted octanol–water partition coefficient (Wildman–Crippen LogP) is 4.87. The number of hydrogen-bond donors (Lipinski definition) is 1. The number of rotatable bonds is 9. The van der Waals surface area contributed by atoms with Gasteiger partial charge in [-0.2, -0.15) is 0 Å². The lowest BCUT2D eigenvalue weighted by Crippen LogP contribution is -2.44. The number of benzene rings is 1. The minimum Gasteiger partial charge on any atom is -0.493 e. The van der Waals surface area contributed by atoms with E-state index in [1.165, 1.54) is 0 Å². The van der Waals surface area contributed by atoms with Crippen LogP contribution in [-0.4, -0.2) is 24.7 Å². The molecule has 1 atom stereocenters. The number of anilines is 1. The highest BCUT2D eigenvalue weighted by Gasteiger charge is 2.34. The summed E-state index contributed by atoms with van der Waals surface area (Å²) in [7, 11) is 0. The third-order valence-corrected chi connectivity index (χ3v) is 3.91. The molecule has 0 aromatic heterocycles. The van der Waals surface area contributed by atoms with Crippen molar-refractivity contribution in [3.63, 3.8) is 0 Å². The highest BCUT2D eigenvalue weighted by molar-refractivity contribution is 5.97. The monoisotopic (exact) mass is 335 g/mol. The highest BCUT2D eigenvalue weighted by Crippen LogP contribution is 2.29. The minimum absolute atomic E-state index is 0.0981. The molecule has 1 aromatic rings. The van der Waals surface area contributed by atoms with Gasteiger partial charge < -0.3 is 14.8 Å². The summed E-state index contributed by atoms with van der Waals surface area (Å²) >= 11 is 0. The van der Waals surface area contributed by atoms with Gasteiger partial charge in [0.1, 0.15) is 11.4 Å². The van der Waals surface area contributed by atoms with Crippen LogP contribution in [0, 0.1) is 19.8 Å². The summed E-state index contributed by atoms with van der Waals surface area (Å²) in [5.41, 5.74) is 2.03. The third-order valence-electron chi connectivity index (χ3n) is 3.91. The van der Waals surface area contributed by atoms with E-state index in [1.807, 2.05) is 39.8 Å². The molecule has 0 aliphatic carbocycles. The topological polar surface area (TPSA) is 47.6 Å². The number of ether oxygens (including phenoxy) is 2. The third kappa shape index (κ3) is 5.52. The van der Waals surface area contributed by atoms with Crippen LogP contribution in [0.5, 0.6) is 5.75 Å². The van der Waals surface area contributed by atoms with Crippen molar-refractivity contribution in [2.24, 2.45) is 5.92 Å². The maximum atomic E-state index is 12.8. The van der Waals surface area contributed by atoms with Gasteiger partial charge in [-0.3, -0.25) is 4.79 Å². The average Bonchev–Trinajstić information content (AvgIpc) is 2.45. The molecule has 0 saturated carbocycles. The Morgan fingerprint density at radius 2 is 1.79 bits per heavy atom. The lowest BCUT2D eigenvalue weighted by atomic mass is 9.93. The van der Waals surface area contributed by atoms with Crippen molar-refractivity contribution >= 4 is 11.6 Å². The summed E-state index contributed by atoms with van der Waals surface area (Å²) in [6, 6.07) is 3.91. The van der Waals surface area contributed by atoms with Crippen LogP contribution in [0.4, 0.5) is 5.69 Å². The van der Waals surface area contributed by atoms with Gasteiger partial charge >= 0.3 is 0 Å². The van der Waals surface area contributed by atoms with E-state index < -0.39 is 5.60 Å². The molecule has 1 aromatic carbocycles. The Morgan fingerprint density at radius 3 is 2.25 bits per heavy atom. The molecule has 4 heteroatoms. The van der Waals surface area contributed by atoms with Crippen LogP contribution in [0.15, 0.2) is 12.1 Å². The first-order chi connectivity index (χ1) is 11.2. The molecule has 0 unspecified atom stereocenters. The predicted molar refractivity (Wildman–Crippen MR) is 99.8 cm³/mol. The fraction of sp³-hybridized carbons (Fsp3) is 0.650. The zero-order valence-corrected chi connectivity index (χ0v) is 16.3. The summed E-state index contributed by atoms with van der Waals surface area (Å²) in [6.07, 6.45) is 1.65. The van der Waals surface area contributed by atoms with Crippen LogP contribution < -0.4 is 10.1 Å². The van der Waals surface area contributed by atoms with Crippen LogP contribution in [0.3, 0.4) is 0 Å². The second-order valence-electron chi connectivity index (χ2n) is 7.00. The Bertz CT molecular complexity index is 531. The summed E-state index contributed by atoms with van der Waals surface area (Å²) in [5.74, 6) is 1.18. The minimum atomic E-state index is -0.817. The molecule has 1 amide bonds. The summed E-state index contributed by atoms with van der Waals surface area (Å²) in [6.45, 7) is 15.3. The van der Waals surface area contributed by atoms with Crippen molar-refractivity contribution in [3.05, 3.63) is 23.3 Å². The summed E-state index contributed by atoms with van der Waals surface area (Å²) in [4.78, 5) is 12.8. The van der Waals surface area contributed by atoms with Crippen LogP contribution in [0.1, 0.15) is 58.6 Å². The molecule has 0 bridgehead atoms. The van der Waals surface area contributed by atoms with Gasteiger partial charge in [-0.05, 0) is 69.7 Å². The van der Waals surface area contributed by atoms with E-state index >= 15 is 0 Å². The molecule has 24 heavy (non-hydrogen) atoms. The van der Waals surface area contributed by atoms with E-state index in [-0.39, 0.29) is 5.91 Å². The second kappa shape index (κ2) is 9.07. The molecule has 136 valence electrons. The number of carbonyl (C=O) groups excluding carboxylic acids is 1. The number of nitrogens with one attached hydrogen (secondary N) is 1. The van der Waals surface area contributed by atoms with Gasteiger partial charge in [-0.15, -0.1) is 0 Å². The van der Waals surface area contributed by atoms with E-state index in [1.54, 1.807) is 0 Å². The van der Waals surface area contributed by atoms with Crippen molar-refractivity contribution in [3.8, 4) is 5.75 Å². The Labute approximate surface area is 146 Å². The van der Waals surface area contributed by atoms with Crippen molar-refractivity contribution < 1.29 is 14.3 Å². The van der Waals surface area contributed by atoms with Crippen LogP contribution >= 0.6 is 0 Å². The van der Waals surface area contributed by atoms with E-state index in [4.69, 9.17) is 9.47 Å². The first-order valence-corrected chi connectivity index (χ1v) is 8.93. The van der Waals surface area contributed by atoms with E-state index in [0.29, 0.717) is 25.6 Å². The molecule has 0 radical (unpaired) electrons. The lowest BCUT2D eigenvalue weighted by molar-refractivity contribution is -0.140. The van der Waals surface area contributed by atoms with Gasteiger partial charge in [0.05, 0.1) is 6.61 Å². The van der Waals surface area contributed by atoms with Crippen LogP contribution in [0.2, 0.25) is 0 Å². The van der Waals surface area contributed by atoms with Crippen molar-refractivity contribution in [1.29, 1.82) is 0 Å². The van der Waals surface area contributed by atoms with Gasteiger partial charge in [0.25, 0.3) is 5.91 Å². The van der Waals surface area contributed by atoms with Crippen molar-refractivity contribution in [2.75, 3.05) is 18.5 Å². The van der Waals surface area contributed by atoms with E-state index in [9.17, 15) is 4.79 Å². The molecular formula is C20H33NO3. The number of hydrogen-bond acceptors (Lipinski definition) is 3. The Hall–Kier alpha value is -1.55. The summed E-state index contributed by atoms with van der Waals surface area (Å²) < 4.78 is 11.6. The first-order valence-electron chi connectivity index (χ1n) is 8.93. The van der Waals surface area contributed by atoms with E-state index in [2.05, 4.69) is 26.1 Å². The number of aryl methyl sites for hydroxylation is 2. The standard InChI is InChI=1S/C20H33NO3/c1-8-10-23-18-15(5)11-17(12-16(18)6)21-19(22)20(7,24-9-2)13-14(3)4/h11-12,14H,8-10,13H2,1-7H3,(H,21,22)/t20-/m0/s1. The Morgan fingerprint density at radius 1 is 1.21 bits per heavy atom. The van der Waals surface area contributed by atoms with Gasteiger partial charge in [0.2, 0.25) is 0 Å². The quantitative estimate of drug-likeness (QED) is 0.700. The first kappa shape index (κ1) is 20.5. The normalized spacial score (nSPS) is 13.7. The smallest absolute Gasteiger partial charge is 0.256 e. The average molecular weight is 335 g/mol. The fourth-order valence-electron chi connectivity index (χ4n) is 3.03. The molecule has 1 rings (SSSR count).